The molecule has 0 fully saturated rings. The van der Waals surface area contributed by atoms with Gasteiger partial charge in [-0.1, -0.05) is 0 Å². The molecule has 0 saturated heterocycles. The molecule has 0 unspecified atom stereocenters. The molecular formula is C15H13N5O3. The number of methoxy groups -OCH3 is 1. The summed E-state index contributed by atoms with van der Waals surface area (Å²) in [6.07, 6.45) is 6.66. The summed E-state index contributed by atoms with van der Waals surface area (Å²) in [6, 6.07) is 5.92. The highest BCUT2D eigenvalue weighted by Gasteiger charge is 2.14. The van der Waals surface area contributed by atoms with E-state index in [0.29, 0.717) is 24.2 Å². The fourth-order valence-electron chi connectivity index (χ4n) is 2.21. The lowest BCUT2D eigenvalue weighted by Gasteiger charge is -2.01. The van der Waals surface area contributed by atoms with Crippen LogP contribution < -0.4 is 10.1 Å². The largest absolute Gasteiger partial charge is 0.495 e. The van der Waals surface area contributed by atoms with Gasteiger partial charge in [0.25, 0.3) is 0 Å². The Kier molecular flexibility index (Phi) is 3.19. The third kappa shape index (κ3) is 2.50. The molecule has 0 radical (unpaired) electrons. The molecule has 23 heavy (non-hydrogen) atoms. The number of aromatic nitrogens is 4. The van der Waals surface area contributed by atoms with Crippen LogP contribution in [0.5, 0.6) is 5.75 Å². The van der Waals surface area contributed by atoms with E-state index in [1.165, 1.54) is 0 Å². The highest BCUT2D eigenvalue weighted by atomic mass is 16.5. The molecule has 116 valence electrons. The molecule has 0 bridgehead atoms. The van der Waals surface area contributed by atoms with Crippen LogP contribution in [0.1, 0.15) is 5.76 Å². The van der Waals surface area contributed by atoms with Crippen LogP contribution in [-0.4, -0.2) is 26.7 Å². The van der Waals surface area contributed by atoms with Crippen molar-refractivity contribution in [2.45, 2.75) is 6.54 Å². The normalized spacial score (nSPS) is 11.0. The maximum atomic E-state index is 5.56. The number of hydrogen-bond donors (Lipinski definition) is 1. The maximum Gasteiger partial charge on any atom is 0.326 e. The van der Waals surface area contributed by atoms with E-state index >= 15 is 0 Å². The molecule has 0 amide bonds. The van der Waals surface area contributed by atoms with Crippen LogP contribution >= 0.6 is 0 Å². The van der Waals surface area contributed by atoms with Crippen molar-refractivity contribution in [3.8, 4) is 17.0 Å². The minimum Gasteiger partial charge on any atom is -0.495 e. The van der Waals surface area contributed by atoms with Crippen LogP contribution in [0.25, 0.3) is 17.1 Å². The summed E-state index contributed by atoms with van der Waals surface area (Å²) < 4.78 is 17.6. The molecule has 4 aromatic rings. The van der Waals surface area contributed by atoms with Crippen molar-refractivity contribution in [2.24, 2.45) is 0 Å². The second-order valence-electron chi connectivity index (χ2n) is 4.79. The number of ether oxygens (including phenoxy) is 1. The number of furan rings is 1. The highest BCUT2D eigenvalue weighted by Crippen LogP contribution is 2.24. The van der Waals surface area contributed by atoms with Crippen LogP contribution in [0.2, 0.25) is 0 Å². The van der Waals surface area contributed by atoms with Crippen molar-refractivity contribution < 1.29 is 13.6 Å². The van der Waals surface area contributed by atoms with Gasteiger partial charge in [0.2, 0.25) is 0 Å². The smallest absolute Gasteiger partial charge is 0.326 e. The standard InChI is InChI=1S/C15H13N5O3/c1-21-12-5-10(6-16-7-12)13-9-18-15-20(13)19-14(23-15)17-8-11-3-2-4-22-11/h2-7,9H,8H2,1H3,(H,17,19). The van der Waals surface area contributed by atoms with Crippen molar-refractivity contribution in [3.05, 3.63) is 48.8 Å². The van der Waals surface area contributed by atoms with Gasteiger partial charge in [-0.05, 0) is 18.2 Å². The van der Waals surface area contributed by atoms with Crippen LogP contribution in [0, 0.1) is 0 Å². The van der Waals surface area contributed by atoms with Gasteiger partial charge in [0.15, 0.2) is 0 Å². The molecule has 4 heterocycles. The first-order valence-electron chi connectivity index (χ1n) is 6.94. The molecule has 4 rings (SSSR count). The number of nitrogens with one attached hydrogen (secondary N) is 1. The minimum atomic E-state index is 0.363. The Morgan fingerprint density at radius 2 is 2.26 bits per heavy atom. The Morgan fingerprint density at radius 3 is 3.09 bits per heavy atom. The first-order valence-corrected chi connectivity index (χ1v) is 6.94. The summed E-state index contributed by atoms with van der Waals surface area (Å²) >= 11 is 0. The van der Waals surface area contributed by atoms with E-state index in [1.807, 2.05) is 18.2 Å². The number of rotatable bonds is 5. The van der Waals surface area contributed by atoms with E-state index in [2.05, 4.69) is 20.4 Å². The van der Waals surface area contributed by atoms with Gasteiger partial charge in [0, 0.05) is 11.8 Å². The summed E-state index contributed by atoms with van der Waals surface area (Å²) in [5.74, 6) is 1.85. The Labute approximate surface area is 130 Å². The summed E-state index contributed by atoms with van der Waals surface area (Å²) in [5, 5.41) is 7.42. The number of imidazole rings is 1. The molecule has 8 heteroatoms. The molecule has 0 spiro atoms. The zero-order valence-corrected chi connectivity index (χ0v) is 12.3. The Balaban J connectivity index is 1.63. The molecule has 8 nitrogen and oxygen atoms in total. The average Bonchev–Trinajstić information content (AvgIpc) is 3.29. The van der Waals surface area contributed by atoms with Gasteiger partial charge in [-0.25, -0.2) is 4.98 Å². The molecule has 0 aliphatic carbocycles. The minimum absolute atomic E-state index is 0.363. The van der Waals surface area contributed by atoms with Crippen molar-refractivity contribution >= 4 is 11.9 Å². The molecule has 0 aliphatic rings. The van der Waals surface area contributed by atoms with Crippen molar-refractivity contribution in [1.82, 2.24) is 19.6 Å². The zero-order valence-electron chi connectivity index (χ0n) is 12.3. The van der Waals surface area contributed by atoms with Gasteiger partial charge < -0.3 is 18.9 Å². The van der Waals surface area contributed by atoms with E-state index in [-0.39, 0.29) is 0 Å². The Hall–Kier alpha value is -3.29. The SMILES string of the molecule is COc1cncc(-c2cnc3oc(NCc4ccco4)nn23)c1. The zero-order chi connectivity index (χ0) is 15.6. The molecule has 0 aromatic carbocycles. The third-order valence-electron chi connectivity index (χ3n) is 3.32. The predicted octanol–water partition coefficient (Wildman–Crippen LogP) is 2.60. The van der Waals surface area contributed by atoms with Gasteiger partial charge in [-0.15, -0.1) is 5.10 Å². The highest BCUT2D eigenvalue weighted by molar-refractivity contribution is 5.62. The lowest BCUT2D eigenvalue weighted by molar-refractivity contribution is 0.413. The predicted molar refractivity (Wildman–Crippen MR) is 81.1 cm³/mol. The van der Waals surface area contributed by atoms with E-state index in [4.69, 9.17) is 13.6 Å². The number of nitrogens with zero attached hydrogens (tertiary/aromatic N) is 4. The first-order chi connectivity index (χ1) is 11.3. The quantitative estimate of drug-likeness (QED) is 0.605. The number of fused-ring (bicyclic) bond motifs is 1. The van der Waals surface area contributed by atoms with Crippen LogP contribution in [0.4, 0.5) is 6.01 Å². The van der Waals surface area contributed by atoms with Crippen molar-refractivity contribution in [1.29, 1.82) is 0 Å². The second-order valence-corrected chi connectivity index (χ2v) is 4.79. The van der Waals surface area contributed by atoms with E-state index in [0.717, 1.165) is 17.0 Å². The number of hydrogen-bond acceptors (Lipinski definition) is 7. The van der Waals surface area contributed by atoms with Gasteiger partial charge in [-0.3, -0.25) is 4.98 Å². The third-order valence-corrected chi connectivity index (χ3v) is 3.32. The van der Waals surface area contributed by atoms with Crippen molar-refractivity contribution in [3.63, 3.8) is 0 Å². The Morgan fingerprint density at radius 1 is 1.30 bits per heavy atom. The van der Waals surface area contributed by atoms with Crippen LogP contribution in [0.3, 0.4) is 0 Å². The van der Waals surface area contributed by atoms with E-state index in [1.54, 1.807) is 36.5 Å². The second kappa shape index (κ2) is 5.48. The van der Waals surface area contributed by atoms with Gasteiger partial charge in [-0.2, -0.15) is 4.52 Å². The molecule has 4 aromatic heterocycles. The summed E-state index contributed by atoms with van der Waals surface area (Å²) in [6.45, 7) is 0.479. The van der Waals surface area contributed by atoms with Gasteiger partial charge in [0.1, 0.15) is 11.5 Å². The fourth-order valence-corrected chi connectivity index (χ4v) is 2.21. The average molecular weight is 311 g/mol. The lowest BCUT2D eigenvalue weighted by Crippen LogP contribution is -1.99. The summed E-state index contributed by atoms with van der Waals surface area (Å²) in [5.41, 5.74) is 1.60. The molecule has 1 N–H and O–H groups in total. The summed E-state index contributed by atoms with van der Waals surface area (Å²) in [4.78, 5) is 8.36. The molecular weight excluding hydrogens is 298 g/mol. The Bertz CT molecular complexity index is 926. The van der Waals surface area contributed by atoms with Crippen molar-refractivity contribution in [2.75, 3.05) is 12.4 Å². The maximum absolute atomic E-state index is 5.56. The lowest BCUT2D eigenvalue weighted by atomic mass is 10.2. The molecule has 0 atom stereocenters. The molecule has 0 aliphatic heterocycles. The van der Waals surface area contributed by atoms with Gasteiger partial charge in [0.05, 0.1) is 38.0 Å². The monoisotopic (exact) mass is 311 g/mol. The molecule has 0 saturated carbocycles. The number of pyridine rings is 1. The summed E-state index contributed by atoms with van der Waals surface area (Å²) in [7, 11) is 1.60. The first kappa shape index (κ1) is 13.4. The topological polar surface area (TPSA) is 90.6 Å². The van der Waals surface area contributed by atoms with E-state index in [9.17, 15) is 0 Å². The van der Waals surface area contributed by atoms with Crippen LogP contribution in [0.15, 0.2) is 51.9 Å². The fraction of sp³-hybridized carbons (Fsp3) is 0.133. The van der Waals surface area contributed by atoms with Gasteiger partial charge >= 0.3 is 11.9 Å². The van der Waals surface area contributed by atoms with E-state index < -0.39 is 0 Å². The van der Waals surface area contributed by atoms with Crippen LogP contribution in [-0.2, 0) is 6.54 Å². The number of anilines is 1.